The zero-order valence-electron chi connectivity index (χ0n) is 12.7. The third-order valence-electron chi connectivity index (χ3n) is 4.07. The predicted molar refractivity (Wildman–Crippen MR) is 77.4 cm³/mol. The van der Waals surface area contributed by atoms with E-state index in [4.69, 9.17) is 19.7 Å². The molecule has 1 heterocycles. The summed E-state index contributed by atoms with van der Waals surface area (Å²) in [5.74, 6) is -0.798. The smallest absolute Gasteiger partial charge is 0.303 e. The Balaban J connectivity index is 1.74. The van der Waals surface area contributed by atoms with E-state index in [2.05, 4.69) is 0 Å². The van der Waals surface area contributed by atoms with Gasteiger partial charge in [0.05, 0.1) is 12.7 Å². The summed E-state index contributed by atoms with van der Waals surface area (Å²) in [5.41, 5.74) is 1.04. The minimum Gasteiger partial charge on any atom is -0.481 e. The van der Waals surface area contributed by atoms with Gasteiger partial charge in [-0.2, -0.15) is 0 Å². The van der Waals surface area contributed by atoms with Gasteiger partial charge < -0.3 is 35.0 Å². The second-order valence-electron chi connectivity index (χ2n) is 5.94. The number of unbranched alkanes of at least 4 members (excludes halogenated alkanes) is 2. The highest BCUT2D eigenvalue weighted by molar-refractivity contribution is 5.66. The van der Waals surface area contributed by atoms with Crippen LogP contribution in [0.3, 0.4) is 0 Å². The zero-order valence-corrected chi connectivity index (χ0v) is 12.7. The third-order valence-corrected chi connectivity index (χ3v) is 4.07. The van der Waals surface area contributed by atoms with E-state index in [-0.39, 0.29) is 12.5 Å². The molecule has 1 aliphatic carbocycles. The Morgan fingerprint density at radius 3 is 2.61 bits per heavy atom. The highest BCUT2D eigenvalue weighted by atomic mass is 16.7. The Kier molecular flexibility index (Phi) is 6.51. The quantitative estimate of drug-likeness (QED) is 0.286. The van der Waals surface area contributed by atoms with Crippen molar-refractivity contribution in [1.29, 1.82) is 0 Å². The monoisotopic (exact) mass is 332 g/mol. The van der Waals surface area contributed by atoms with Crippen LogP contribution in [0, 0.1) is 0 Å². The first-order valence-electron chi connectivity index (χ1n) is 7.80. The van der Waals surface area contributed by atoms with E-state index in [9.17, 15) is 20.1 Å². The number of aliphatic hydroxyl groups excluding tert-OH is 4. The summed E-state index contributed by atoms with van der Waals surface area (Å²) in [6, 6.07) is 0. The topological polar surface area (TPSA) is 137 Å². The molecule has 5 N–H and O–H groups in total. The molecule has 8 nitrogen and oxygen atoms in total. The molecule has 0 aromatic heterocycles. The largest absolute Gasteiger partial charge is 0.481 e. The molecule has 1 saturated carbocycles. The van der Waals surface area contributed by atoms with Crippen LogP contribution in [0.4, 0.5) is 0 Å². The van der Waals surface area contributed by atoms with Crippen molar-refractivity contribution < 1.29 is 39.8 Å². The molecule has 0 aromatic carbocycles. The van der Waals surface area contributed by atoms with Gasteiger partial charge in [0.25, 0.3) is 0 Å². The molecule has 1 aliphatic heterocycles. The first kappa shape index (κ1) is 18.3. The lowest BCUT2D eigenvalue weighted by Gasteiger charge is -2.39. The fourth-order valence-electron chi connectivity index (χ4n) is 2.56. The highest BCUT2D eigenvalue weighted by Gasteiger charge is 2.46. The van der Waals surface area contributed by atoms with Crippen molar-refractivity contribution in [3.05, 3.63) is 11.6 Å². The molecule has 0 amide bonds. The van der Waals surface area contributed by atoms with Gasteiger partial charge in [-0.1, -0.05) is 6.08 Å². The summed E-state index contributed by atoms with van der Waals surface area (Å²) in [5, 5.41) is 46.9. The van der Waals surface area contributed by atoms with Crippen LogP contribution in [-0.2, 0) is 14.3 Å². The van der Waals surface area contributed by atoms with Gasteiger partial charge in [-0.3, -0.25) is 4.79 Å². The maximum absolute atomic E-state index is 10.4. The molecular weight excluding hydrogens is 308 g/mol. The van der Waals surface area contributed by atoms with Gasteiger partial charge in [0.15, 0.2) is 6.29 Å². The molecule has 2 fully saturated rings. The summed E-state index contributed by atoms with van der Waals surface area (Å²) < 4.78 is 10.8. The van der Waals surface area contributed by atoms with Gasteiger partial charge in [0.1, 0.15) is 24.4 Å². The number of rotatable bonds is 8. The SMILES string of the molecule is O=C(O)CCCCC=C1C[C@H]1O[C@@H]1O[C@H](CO)[C@@H](O)[C@H](O)[C@H]1O. The van der Waals surface area contributed by atoms with Gasteiger partial charge in [-0.15, -0.1) is 0 Å². The number of ether oxygens (including phenoxy) is 2. The molecule has 0 unspecified atom stereocenters. The number of hydrogen-bond donors (Lipinski definition) is 5. The van der Waals surface area contributed by atoms with E-state index in [0.717, 1.165) is 18.4 Å². The van der Waals surface area contributed by atoms with Crippen molar-refractivity contribution in [2.45, 2.75) is 68.9 Å². The van der Waals surface area contributed by atoms with Crippen LogP contribution < -0.4 is 0 Å². The number of allylic oxidation sites excluding steroid dienone is 1. The van der Waals surface area contributed by atoms with E-state index in [1.807, 2.05) is 6.08 Å². The van der Waals surface area contributed by atoms with Crippen LogP contribution in [0.5, 0.6) is 0 Å². The number of carboxylic acid groups (broad SMARTS) is 1. The van der Waals surface area contributed by atoms with Gasteiger partial charge in [-0.25, -0.2) is 0 Å². The van der Waals surface area contributed by atoms with Crippen molar-refractivity contribution in [3.63, 3.8) is 0 Å². The van der Waals surface area contributed by atoms with Crippen molar-refractivity contribution >= 4 is 5.97 Å². The van der Waals surface area contributed by atoms with Crippen molar-refractivity contribution in [3.8, 4) is 0 Å². The average molecular weight is 332 g/mol. The lowest BCUT2D eigenvalue weighted by atomic mass is 9.99. The van der Waals surface area contributed by atoms with E-state index in [1.54, 1.807) is 0 Å². The average Bonchev–Trinajstić information content (AvgIpc) is 3.25. The Morgan fingerprint density at radius 1 is 1.22 bits per heavy atom. The molecule has 2 aliphatic rings. The lowest BCUT2D eigenvalue weighted by molar-refractivity contribution is -0.302. The molecular formula is C15H24O8. The fourth-order valence-corrected chi connectivity index (χ4v) is 2.56. The van der Waals surface area contributed by atoms with E-state index >= 15 is 0 Å². The van der Waals surface area contributed by atoms with E-state index in [0.29, 0.717) is 12.8 Å². The Hall–Kier alpha value is -1.03. The van der Waals surface area contributed by atoms with Gasteiger partial charge >= 0.3 is 5.97 Å². The van der Waals surface area contributed by atoms with Gasteiger partial charge in [0, 0.05) is 12.8 Å². The van der Waals surface area contributed by atoms with Crippen molar-refractivity contribution in [2.24, 2.45) is 0 Å². The fraction of sp³-hybridized carbons (Fsp3) is 0.800. The lowest BCUT2D eigenvalue weighted by Crippen LogP contribution is -2.59. The first-order valence-corrected chi connectivity index (χ1v) is 7.80. The van der Waals surface area contributed by atoms with Crippen LogP contribution in [0.25, 0.3) is 0 Å². The highest BCUT2D eigenvalue weighted by Crippen LogP contribution is 2.36. The summed E-state index contributed by atoms with van der Waals surface area (Å²) in [6.45, 7) is -0.484. The van der Waals surface area contributed by atoms with Crippen LogP contribution in [0.1, 0.15) is 32.1 Å². The number of aliphatic carboxylic acids is 1. The second kappa shape index (κ2) is 8.18. The zero-order chi connectivity index (χ0) is 17.0. The molecule has 0 aromatic rings. The Labute approximate surface area is 134 Å². The van der Waals surface area contributed by atoms with Crippen LogP contribution in [-0.4, -0.2) is 74.9 Å². The Morgan fingerprint density at radius 2 is 1.96 bits per heavy atom. The molecule has 0 bridgehead atoms. The van der Waals surface area contributed by atoms with E-state index < -0.39 is 43.3 Å². The Bertz CT molecular complexity index is 435. The van der Waals surface area contributed by atoms with E-state index in [1.165, 1.54) is 0 Å². The second-order valence-corrected chi connectivity index (χ2v) is 5.94. The number of carbonyl (C=O) groups is 1. The molecule has 1 saturated heterocycles. The molecule has 0 radical (unpaired) electrons. The molecule has 23 heavy (non-hydrogen) atoms. The summed E-state index contributed by atoms with van der Waals surface area (Å²) in [4.78, 5) is 10.4. The maximum atomic E-state index is 10.4. The molecule has 132 valence electrons. The molecule has 2 rings (SSSR count). The van der Waals surface area contributed by atoms with Crippen molar-refractivity contribution in [1.82, 2.24) is 0 Å². The molecule has 6 atom stereocenters. The van der Waals surface area contributed by atoms with Crippen LogP contribution in [0.2, 0.25) is 0 Å². The number of aliphatic hydroxyl groups is 4. The number of carboxylic acids is 1. The molecule has 8 heteroatoms. The number of hydrogen-bond acceptors (Lipinski definition) is 7. The molecule has 0 spiro atoms. The third kappa shape index (κ3) is 4.97. The normalized spacial score (nSPS) is 38.7. The van der Waals surface area contributed by atoms with Crippen molar-refractivity contribution in [2.75, 3.05) is 6.61 Å². The first-order chi connectivity index (χ1) is 10.9. The minimum absolute atomic E-state index is 0.161. The maximum Gasteiger partial charge on any atom is 0.303 e. The predicted octanol–water partition coefficient (Wildman–Crippen LogP) is -0.853. The standard InChI is InChI=1S/C15H24O8/c16-7-10-12(19)13(20)14(21)15(23-10)22-9-6-8(9)4-2-1-3-5-11(17)18/h4,9-10,12-16,19-21H,1-3,5-7H2,(H,17,18)/t9-,10-,12-,13+,14-,15-/m1/s1. The van der Waals surface area contributed by atoms with Crippen LogP contribution in [0.15, 0.2) is 11.6 Å². The summed E-state index contributed by atoms with van der Waals surface area (Å²) in [7, 11) is 0. The van der Waals surface area contributed by atoms with Gasteiger partial charge in [-0.05, 0) is 24.8 Å². The minimum atomic E-state index is -1.44. The van der Waals surface area contributed by atoms with Gasteiger partial charge in [0.2, 0.25) is 0 Å². The summed E-state index contributed by atoms with van der Waals surface area (Å²) in [6.07, 6.45) is -1.50. The van der Waals surface area contributed by atoms with Crippen LogP contribution >= 0.6 is 0 Å². The summed E-state index contributed by atoms with van der Waals surface area (Å²) >= 11 is 0.